The number of thioether (sulfide) groups is 1. The van der Waals surface area contributed by atoms with Crippen molar-refractivity contribution in [3.8, 4) is 0 Å². The lowest BCUT2D eigenvalue weighted by molar-refractivity contribution is -0.121. The van der Waals surface area contributed by atoms with Gasteiger partial charge in [0.05, 0.1) is 4.91 Å². The van der Waals surface area contributed by atoms with Crippen LogP contribution in [-0.2, 0) is 4.79 Å². The maximum atomic E-state index is 11.6. The summed E-state index contributed by atoms with van der Waals surface area (Å²) in [6.45, 7) is 0. The SMILES string of the molecule is CN1C(=O)/C(=C\c2nccs2)SC1=S. The number of hydrogen-bond acceptors (Lipinski definition) is 5. The fourth-order valence-corrected chi connectivity index (χ4v) is 2.76. The molecule has 0 aliphatic carbocycles. The van der Waals surface area contributed by atoms with E-state index in [1.54, 1.807) is 19.3 Å². The van der Waals surface area contributed by atoms with E-state index in [2.05, 4.69) is 4.98 Å². The van der Waals surface area contributed by atoms with Crippen molar-refractivity contribution in [2.75, 3.05) is 7.05 Å². The highest BCUT2D eigenvalue weighted by molar-refractivity contribution is 8.26. The average Bonchev–Trinajstić information content (AvgIpc) is 2.73. The van der Waals surface area contributed by atoms with Crippen LogP contribution in [0.3, 0.4) is 0 Å². The Morgan fingerprint density at radius 2 is 2.43 bits per heavy atom. The van der Waals surface area contributed by atoms with Gasteiger partial charge in [-0.05, 0) is 6.08 Å². The van der Waals surface area contributed by atoms with Crippen molar-refractivity contribution in [1.29, 1.82) is 0 Å². The van der Waals surface area contributed by atoms with Gasteiger partial charge in [-0.1, -0.05) is 24.0 Å². The van der Waals surface area contributed by atoms with Gasteiger partial charge < -0.3 is 0 Å². The van der Waals surface area contributed by atoms with Crippen molar-refractivity contribution < 1.29 is 4.79 Å². The molecular formula is C8H6N2OS3. The Morgan fingerprint density at radius 3 is 2.93 bits per heavy atom. The number of amides is 1. The molecule has 14 heavy (non-hydrogen) atoms. The summed E-state index contributed by atoms with van der Waals surface area (Å²) in [6, 6.07) is 0. The van der Waals surface area contributed by atoms with Crippen LogP contribution in [0, 0.1) is 0 Å². The number of thiocarbonyl (C=S) groups is 1. The van der Waals surface area contributed by atoms with E-state index < -0.39 is 0 Å². The first-order valence-electron chi connectivity index (χ1n) is 3.79. The maximum absolute atomic E-state index is 11.6. The molecule has 2 heterocycles. The molecule has 6 heteroatoms. The summed E-state index contributed by atoms with van der Waals surface area (Å²) in [6.07, 6.45) is 3.48. The van der Waals surface area contributed by atoms with Gasteiger partial charge in [-0.15, -0.1) is 11.3 Å². The fraction of sp³-hybridized carbons (Fsp3) is 0.125. The number of carbonyl (C=O) groups excluding carboxylic acids is 1. The van der Waals surface area contributed by atoms with E-state index in [0.29, 0.717) is 9.23 Å². The molecule has 0 spiro atoms. The van der Waals surface area contributed by atoms with Crippen LogP contribution in [0.15, 0.2) is 16.5 Å². The second-order valence-electron chi connectivity index (χ2n) is 2.61. The minimum absolute atomic E-state index is 0.0461. The zero-order chi connectivity index (χ0) is 10.1. The molecule has 2 rings (SSSR count). The Balaban J connectivity index is 2.29. The van der Waals surface area contributed by atoms with Gasteiger partial charge in [0, 0.05) is 18.6 Å². The standard InChI is InChI=1S/C8H6N2OS3/c1-10-7(11)5(14-8(10)12)4-6-9-2-3-13-6/h2-4H,1H3/b5-4+. The Bertz CT molecular complexity index is 410. The predicted octanol–water partition coefficient (Wildman–Crippen LogP) is 1.97. The predicted molar refractivity (Wildman–Crippen MR) is 63.1 cm³/mol. The van der Waals surface area contributed by atoms with Crippen molar-refractivity contribution in [3.63, 3.8) is 0 Å². The first-order chi connectivity index (χ1) is 6.68. The Kier molecular flexibility index (Phi) is 2.66. The van der Waals surface area contributed by atoms with E-state index in [4.69, 9.17) is 12.2 Å². The van der Waals surface area contributed by atoms with E-state index in [9.17, 15) is 4.79 Å². The number of rotatable bonds is 1. The average molecular weight is 242 g/mol. The molecule has 0 radical (unpaired) electrons. The Morgan fingerprint density at radius 1 is 1.64 bits per heavy atom. The van der Waals surface area contributed by atoms with Crippen LogP contribution in [0.4, 0.5) is 0 Å². The van der Waals surface area contributed by atoms with Crippen LogP contribution >= 0.6 is 35.3 Å². The fourth-order valence-electron chi connectivity index (χ4n) is 0.963. The van der Waals surface area contributed by atoms with Crippen LogP contribution in [0.5, 0.6) is 0 Å². The molecule has 1 fully saturated rings. The summed E-state index contributed by atoms with van der Waals surface area (Å²) < 4.78 is 0.595. The minimum atomic E-state index is -0.0461. The summed E-state index contributed by atoms with van der Waals surface area (Å²) in [4.78, 5) is 17.8. The van der Waals surface area contributed by atoms with Crippen LogP contribution in [0.1, 0.15) is 5.01 Å². The summed E-state index contributed by atoms with van der Waals surface area (Å²) in [5, 5.41) is 2.71. The van der Waals surface area contributed by atoms with Crippen molar-refractivity contribution >= 4 is 51.6 Å². The summed E-state index contributed by atoms with van der Waals surface area (Å²) >= 11 is 7.82. The normalized spacial score (nSPS) is 19.8. The first-order valence-corrected chi connectivity index (χ1v) is 5.90. The Labute approximate surface area is 94.8 Å². The highest BCUT2D eigenvalue weighted by atomic mass is 32.2. The minimum Gasteiger partial charge on any atom is -0.296 e. The molecule has 0 bridgehead atoms. The molecule has 3 nitrogen and oxygen atoms in total. The highest BCUT2D eigenvalue weighted by Crippen LogP contribution is 2.31. The number of hydrogen-bond donors (Lipinski definition) is 0. The third-order valence-corrected chi connectivity index (χ3v) is 3.90. The maximum Gasteiger partial charge on any atom is 0.266 e. The number of aromatic nitrogens is 1. The quantitative estimate of drug-likeness (QED) is 0.557. The van der Waals surface area contributed by atoms with Gasteiger partial charge in [-0.2, -0.15) is 0 Å². The van der Waals surface area contributed by atoms with Gasteiger partial charge in [0.1, 0.15) is 9.33 Å². The number of likely N-dealkylation sites (N-methyl/N-ethyl adjacent to an activating group) is 1. The second kappa shape index (κ2) is 3.80. The molecule has 72 valence electrons. The molecule has 1 aliphatic heterocycles. The summed E-state index contributed by atoms with van der Waals surface area (Å²) in [5.74, 6) is -0.0461. The van der Waals surface area contributed by atoms with Gasteiger partial charge in [0.25, 0.3) is 5.91 Å². The molecular weight excluding hydrogens is 236 g/mol. The Hall–Kier alpha value is -0.720. The molecule has 0 N–H and O–H groups in total. The number of nitrogens with zero attached hydrogens (tertiary/aromatic N) is 2. The van der Waals surface area contributed by atoms with Gasteiger partial charge in [0.2, 0.25) is 0 Å². The van der Waals surface area contributed by atoms with E-state index >= 15 is 0 Å². The van der Waals surface area contributed by atoms with E-state index in [0.717, 1.165) is 5.01 Å². The third-order valence-electron chi connectivity index (χ3n) is 1.69. The monoisotopic (exact) mass is 242 g/mol. The van der Waals surface area contributed by atoms with E-state index in [-0.39, 0.29) is 5.91 Å². The molecule has 0 atom stereocenters. The lowest BCUT2D eigenvalue weighted by Gasteiger charge is -2.03. The molecule has 0 unspecified atom stereocenters. The topological polar surface area (TPSA) is 33.2 Å². The van der Waals surface area contributed by atoms with Gasteiger partial charge in [-0.25, -0.2) is 4.98 Å². The first kappa shape index (κ1) is 9.82. The molecule has 1 aliphatic rings. The van der Waals surface area contributed by atoms with Gasteiger partial charge in [-0.3, -0.25) is 9.69 Å². The van der Waals surface area contributed by atoms with Crippen LogP contribution in [0.25, 0.3) is 6.08 Å². The van der Waals surface area contributed by atoms with Crippen molar-refractivity contribution in [2.45, 2.75) is 0 Å². The molecule has 1 saturated heterocycles. The van der Waals surface area contributed by atoms with Crippen LogP contribution in [0.2, 0.25) is 0 Å². The van der Waals surface area contributed by atoms with Crippen LogP contribution < -0.4 is 0 Å². The van der Waals surface area contributed by atoms with Gasteiger partial charge >= 0.3 is 0 Å². The largest absolute Gasteiger partial charge is 0.296 e. The molecule has 0 saturated carbocycles. The zero-order valence-electron chi connectivity index (χ0n) is 7.26. The number of carbonyl (C=O) groups is 1. The molecule has 1 aromatic heterocycles. The molecule has 0 aromatic carbocycles. The van der Waals surface area contributed by atoms with Crippen molar-refractivity contribution in [3.05, 3.63) is 21.5 Å². The zero-order valence-corrected chi connectivity index (χ0v) is 9.71. The third kappa shape index (κ3) is 1.73. The van der Waals surface area contributed by atoms with E-state index in [1.165, 1.54) is 28.0 Å². The summed E-state index contributed by atoms with van der Waals surface area (Å²) in [7, 11) is 1.68. The van der Waals surface area contributed by atoms with Crippen molar-refractivity contribution in [1.82, 2.24) is 9.88 Å². The smallest absolute Gasteiger partial charge is 0.266 e. The van der Waals surface area contributed by atoms with E-state index in [1.807, 2.05) is 5.38 Å². The second-order valence-corrected chi connectivity index (χ2v) is 5.21. The van der Waals surface area contributed by atoms with Crippen LogP contribution in [-0.4, -0.2) is 27.2 Å². The van der Waals surface area contributed by atoms with Crippen molar-refractivity contribution in [2.24, 2.45) is 0 Å². The lowest BCUT2D eigenvalue weighted by atomic mass is 10.4. The summed E-state index contributed by atoms with van der Waals surface area (Å²) in [5.41, 5.74) is 0. The molecule has 1 aromatic rings. The molecule has 1 amide bonds. The lowest BCUT2D eigenvalue weighted by Crippen LogP contribution is -2.22. The highest BCUT2D eigenvalue weighted by Gasteiger charge is 2.28. The number of thiazole rings is 1. The van der Waals surface area contributed by atoms with Gasteiger partial charge in [0.15, 0.2) is 0 Å².